The fourth-order valence-electron chi connectivity index (χ4n) is 8.44. The average molecular weight is 909 g/mol. The van der Waals surface area contributed by atoms with E-state index in [9.17, 15) is 36.0 Å². The zero-order valence-corrected chi connectivity index (χ0v) is 37.4. The molecular formula is C45H51F3N6O7S2. The molecule has 5 atom stereocenters. The van der Waals surface area contributed by atoms with Crippen LogP contribution in [-0.4, -0.2) is 83.1 Å². The molecule has 3 N–H and O–H groups in total. The highest BCUT2D eigenvalue weighted by atomic mass is 32.2. The number of thiazole rings is 1. The Labute approximate surface area is 368 Å². The number of methoxy groups -OCH3 is 1. The highest BCUT2D eigenvalue weighted by molar-refractivity contribution is 7.91. The Morgan fingerprint density at radius 3 is 2.48 bits per heavy atom. The molecular weight excluding hydrogens is 858 g/mol. The smallest absolute Gasteiger partial charge is 0.259 e. The number of nitrogens with one attached hydrogen (secondary N) is 3. The molecule has 13 nitrogen and oxygen atoms in total. The number of aromatic nitrogens is 2. The van der Waals surface area contributed by atoms with E-state index in [1.165, 1.54) is 16.2 Å². The lowest BCUT2D eigenvalue weighted by Crippen LogP contribution is -2.58. The van der Waals surface area contributed by atoms with E-state index in [4.69, 9.17) is 19.4 Å². The minimum absolute atomic E-state index is 0.0400. The summed E-state index contributed by atoms with van der Waals surface area (Å²) in [5.41, 5.74) is 1.04. The molecule has 0 bridgehead atoms. The first-order valence-electron chi connectivity index (χ1n) is 21.3. The number of halogens is 3. The molecule has 2 saturated carbocycles. The third-order valence-corrected chi connectivity index (χ3v) is 15.8. The summed E-state index contributed by atoms with van der Waals surface area (Å²) >= 11 is 1.44. The summed E-state index contributed by atoms with van der Waals surface area (Å²) in [4.78, 5) is 54.7. The van der Waals surface area contributed by atoms with Crippen molar-refractivity contribution in [1.82, 2.24) is 24.9 Å². The fraction of sp³-hybridized carbons (Fsp3) is 0.489. The van der Waals surface area contributed by atoms with Crippen molar-refractivity contribution in [2.24, 2.45) is 5.92 Å². The number of carbonyl (C=O) groups excluding carboxylic acids is 3. The Bertz CT molecular complexity index is 2600. The lowest BCUT2D eigenvalue weighted by molar-refractivity contribution is -0.140. The maximum atomic E-state index is 14.8. The SMILES string of the molecule is COc1ccc2c(O[C@@H]3C[C@H]4C(=O)N[C@]5(C(=O)NS(=O)(=O)C6(C)CC6)C[C@@H]5/C=C\CCCCC[C@H](Nc5cc(F)c(F)c(F)c5)C(=O)N4C3)cc(-c3nc(C(C)C)cs3)nc2c1C. The largest absolute Gasteiger partial charge is 0.496 e. The second kappa shape index (κ2) is 17.0. The number of carbonyl (C=O) groups is 3. The highest BCUT2D eigenvalue weighted by Crippen LogP contribution is 2.48. The van der Waals surface area contributed by atoms with E-state index in [0.29, 0.717) is 71.6 Å². The van der Waals surface area contributed by atoms with E-state index < -0.39 is 79.6 Å². The second-order valence-electron chi connectivity index (χ2n) is 17.7. The molecule has 3 fully saturated rings. The number of benzene rings is 2. The van der Waals surface area contributed by atoms with Crippen molar-refractivity contribution in [2.75, 3.05) is 19.0 Å². The van der Waals surface area contributed by atoms with Crippen LogP contribution in [0, 0.1) is 30.3 Å². The van der Waals surface area contributed by atoms with Gasteiger partial charge in [-0.3, -0.25) is 19.1 Å². The van der Waals surface area contributed by atoms with Crippen LogP contribution in [0.3, 0.4) is 0 Å². The van der Waals surface area contributed by atoms with E-state index in [1.54, 1.807) is 26.2 Å². The van der Waals surface area contributed by atoms with Crippen molar-refractivity contribution in [3.05, 3.63) is 76.6 Å². The van der Waals surface area contributed by atoms with Gasteiger partial charge in [0.1, 0.15) is 45.9 Å². The number of ether oxygens (including phenoxy) is 2. The number of hydrogen-bond donors (Lipinski definition) is 3. The number of anilines is 1. The number of hydrogen-bond acceptors (Lipinski definition) is 11. The molecule has 4 aromatic rings. The minimum atomic E-state index is -4.06. The van der Waals surface area contributed by atoms with Gasteiger partial charge < -0.3 is 25.0 Å². The van der Waals surface area contributed by atoms with Crippen LogP contribution >= 0.6 is 11.3 Å². The maximum absolute atomic E-state index is 14.8. The zero-order valence-electron chi connectivity index (χ0n) is 35.7. The van der Waals surface area contributed by atoms with Crippen LogP contribution in [0.4, 0.5) is 18.9 Å². The van der Waals surface area contributed by atoms with Crippen LogP contribution in [-0.2, 0) is 24.4 Å². The fourth-order valence-corrected chi connectivity index (χ4v) is 10.7. The first-order valence-corrected chi connectivity index (χ1v) is 23.7. The molecule has 2 aromatic heterocycles. The molecule has 336 valence electrons. The molecule has 3 amide bonds. The van der Waals surface area contributed by atoms with Gasteiger partial charge in [0.25, 0.3) is 5.91 Å². The van der Waals surface area contributed by atoms with Crippen LogP contribution < -0.4 is 24.8 Å². The molecule has 18 heteroatoms. The predicted octanol–water partition coefficient (Wildman–Crippen LogP) is 7.44. The lowest BCUT2D eigenvalue weighted by atomic mass is 10.0. The standard InChI is InChI=1S/C45H51F3N6O7S2/c1-24(2)34-23-62-41(51-34)33-20-37(29-13-14-36(60-5)25(3)39(29)50-33)61-28-19-35-40(55)52-45(43(57)53-63(58,59)44(4)15-16-44)21-26(45)11-9-7-6-8-10-12-32(42(56)54(35)22-28)49-27-17-30(46)38(48)31(47)18-27/h9,11,13-14,17-18,20,23-24,26,28,32,35,49H,6-8,10,12,15-16,19,21-22H2,1-5H3,(H,52,55)(H,53,57)/b11-9-/t26-,28+,32-,35-,45+/m0/s1. The third kappa shape index (κ3) is 8.72. The van der Waals surface area contributed by atoms with Crippen LogP contribution in [0.2, 0.25) is 0 Å². The Balaban J connectivity index is 1.16. The van der Waals surface area contributed by atoms with Gasteiger partial charge in [0.15, 0.2) is 17.5 Å². The number of pyridine rings is 1. The van der Waals surface area contributed by atoms with Crippen LogP contribution in [0.1, 0.15) is 95.7 Å². The van der Waals surface area contributed by atoms with Gasteiger partial charge in [0, 0.05) is 52.6 Å². The van der Waals surface area contributed by atoms with Crippen LogP contribution in [0.25, 0.3) is 21.6 Å². The zero-order chi connectivity index (χ0) is 45.0. The second-order valence-corrected chi connectivity index (χ2v) is 20.7. The number of nitrogens with zero attached hydrogens (tertiary/aromatic N) is 3. The average Bonchev–Trinajstić information content (AvgIpc) is 4.01. The van der Waals surface area contributed by atoms with Crippen molar-refractivity contribution in [3.8, 4) is 22.2 Å². The first-order chi connectivity index (χ1) is 29.9. The molecule has 63 heavy (non-hydrogen) atoms. The molecule has 2 aliphatic carbocycles. The van der Waals surface area contributed by atoms with Crippen LogP contribution in [0.5, 0.6) is 11.5 Å². The van der Waals surface area contributed by atoms with Crippen molar-refractivity contribution in [1.29, 1.82) is 0 Å². The maximum Gasteiger partial charge on any atom is 0.259 e. The van der Waals surface area contributed by atoms with Gasteiger partial charge >= 0.3 is 0 Å². The normalized spacial score (nSPS) is 25.3. The van der Waals surface area contributed by atoms with Gasteiger partial charge in [0.2, 0.25) is 21.8 Å². The molecule has 4 heterocycles. The molecule has 8 rings (SSSR count). The summed E-state index contributed by atoms with van der Waals surface area (Å²) in [5.74, 6) is -5.96. The number of rotatable bonds is 10. The van der Waals surface area contributed by atoms with E-state index >= 15 is 0 Å². The van der Waals surface area contributed by atoms with Crippen molar-refractivity contribution < 1.29 is 45.4 Å². The summed E-state index contributed by atoms with van der Waals surface area (Å²) in [5, 5.41) is 9.07. The van der Waals surface area contributed by atoms with Gasteiger partial charge in [-0.2, -0.15) is 0 Å². The Morgan fingerprint density at radius 1 is 1.05 bits per heavy atom. The molecule has 1 saturated heterocycles. The summed E-state index contributed by atoms with van der Waals surface area (Å²) in [6.45, 7) is 7.43. The van der Waals surface area contributed by atoms with Gasteiger partial charge in [-0.1, -0.05) is 38.8 Å². The number of allylic oxidation sites excluding steroid dienone is 1. The Kier molecular flexibility index (Phi) is 12.0. The van der Waals surface area contributed by atoms with E-state index in [2.05, 4.69) is 15.4 Å². The summed E-state index contributed by atoms with van der Waals surface area (Å²) in [6, 6.07) is 4.60. The van der Waals surface area contributed by atoms with Crippen molar-refractivity contribution >= 4 is 55.7 Å². The summed E-state index contributed by atoms with van der Waals surface area (Å²) < 4.78 is 83.0. The van der Waals surface area contributed by atoms with Crippen LogP contribution in [0.15, 0.2) is 47.9 Å². The highest BCUT2D eigenvalue weighted by Gasteiger charge is 2.63. The van der Waals surface area contributed by atoms with Gasteiger partial charge in [-0.05, 0) is 70.4 Å². The monoisotopic (exact) mass is 908 g/mol. The molecule has 0 spiro atoms. The minimum Gasteiger partial charge on any atom is -0.496 e. The topological polar surface area (TPSA) is 169 Å². The summed E-state index contributed by atoms with van der Waals surface area (Å²) in [7, 11) is -2.49. The third-order valence-electron chi connectivity index (χ3n) is 12.8. The van der Waals surface area contributed by atoms with E-state index in [1.807, 2.05) is 44.4 Å². The molecule has 2 aliphatic heterocycles. The predicted molar refractivity (Wildman–Crippen MR) is 232 cm³/mol. The Hall–Kier alpha value is -5.23. The molecule has 0 radical (unpaired) electrons. The summed E-state index contributed by atoms with van der Waals surface area (Å²) in [6.07, 6.45) is 6.54. The lowest BCUT2D eigenvalue weighted by Gasteiger charge is -2.30. The Morgan fingerprint density at radius 2 is 1.79 bits per heavy atom. The van der Waals surface area contributed by atoms with E-state index in [0.717, 1.165) is 23.4 Å². The van der Waals surface area contributed by atoms with E-state index in [-0.39, 0.29) is 37.4 Å². The van der Waals surface area contributed by atoms with Gasteiger partial charge in [-0.25, -0.2) is 31.6 Å². The van der Waals surface area contributed by atoms with Gasteiger partial charge in [0.05, 0.1) is 29.6 Å². The molecule has 2 aromatic carbocycles. The number of sulfonamides is 1. The molecule has 0 unspecified atom stereocenters. The van der Waals surface area contributed by atoms with Crippen molar-refractivity contribution in [2.45, 2.75) is 120 Å². The molecule has 4 aliphatic rings. The first kappa shape index (κ1) is 44.4. The quantitative estimate of drug-likeness (QED) is 0.107. The van der Waals surface area contributed by atoms with Gasteiger partial charge in [-0.15, -0.1) is 11.3 Å². The number of amides is 3. The number of aryl methyl sites for hydroxylation is 1. The van der Waals surface area contributed by atoms with Crippen molar-refractivity contribution in [3.63, 3.8) is 0 Å². The number of fused-ring (bicyclic) bond motifs is 3.